The van der Waals surface area contributed by atoms with Crippen molar-refractivity contribution < 1.29 is 18.0 Å². The highest BCUT2D eigenvalue weighted by Crippen LogP contribution is 2.55. The second-order valence-corrected chi connectivity index (χ2v) is 6.52. The van der Waals surface area contributed by atoms with Gasteiger partial charge < -0.3 is 9.05 Å². The minimum absolute atomic E-state index is 0.216. The summed E-state index contributed by atoms with van der Waals surface area (Å²) in [5.74, 6) is -1.48. The van der Waals surface area contributed by atoms with Gasteiger partial charge in [0.25, 0.3) is 0 Å². The highest BCUT2D eigenvalue weighted by atomic mass is 31.2. The van der Waals surface area contributed by atoms with Crippen LogP contribution >= 0.6 is 7.60 Å². The Labute approximate surface area is 111 Å². The van der Waals surface area contributed by atoms with Gasteiger partial charge in [-0.1, -0.05) is 39.0 Å². The third-order valence-corrected chi connectivity index (χ3v) is 4.94. The minimum atomic E-state index is -3.54. The van der Waals surface area contributed by atoms with Crippen molar-refractivity contribution in [3.8, 4) is 0 Å². The van der Waals surface area contributed by atoms with Gasteiger partial charge in [0.2, 0.25) is 5.91 Å². The van der Waals surface area contributed by atoms with E-state index in [1.54, 1.807) is 13.8 Å². The molecule has 110 valence electrons. The van der Waals surface area contributed by atoms with Crippen LogP contribution in [0.15, 0.2) is 0 Å². The van der Waals surface area contributed by atoms with Gasteiger partial charge in [-0.15, -0.1) is 0 Å². The van der Waals surface area contributed by atoms with Crippen molar-refractivity contribution in [3.63, 3.8) is 0 Å². The maximum Gasteiger partial charge on any atom is 0.364 e. The quantitative estimate of drug-likeness (QED) is 0.360. The van der Waals surface area contributed by atoms with E-state index in [-0.39, 0.29) is 19.6 Å². The normalized spacial score (nSPS) is 13.8. The molecule has 0 aliphatic carbocycles. The molecule has 0 aromatic carbocycles. The van der Waals surface area contributed by atoms with E-state index >= 15 is 0 Å². The zero-order chi connectivity index (χ0) is 13.9. The maximum absolute atomic E-state index is 13.9. The van der Waals surface area contributed by atoms with E-state index in [9.17, 15) is 8.96 Å². The molecule has 0 saturated carbocycles. The van der Waals surface area contributed by atoms with E-state index < -0.39 is 13.5 Å². The van der Waals surface area contributed by atoms with Crippen molar-refractivity contribution >= 4 is 7.60 Å². The van der Waals surface area contributed by atoms with Crippen LogP contribution in [0.25, 0.3) is 0 Å². The SMILES string of the molecule is CCCCCCCCC(F)P(=O)(OCC)OCC. The monoisotopic (exact) mass is 282 g/mol. The lowest BCUT2D eigenvalue weighted by Gasteiger charge is -2.20. The van der Waals surface area contributed by atoms with Crippen molar-refractivity contribution in [1.29, 1.82) is 0 Å². The van der Waals surface area contributed by atoms with Gasteiger partial charge in [0.15, 0.2) is 0 Å². The summed E-state index contributed by atoms with van der Waals surface area (Å²) in [6, 6.07) is 0. The van der Waals surface area contributed by atoms with Gasteiger partial charge in [0.05, 0.1) is 13.2 Å². The number of rotatable bonds is 12. The largest absolute Gasteiger partial charge is 0.364 e. The molecule has 0 radical (unpaired) electrons. The second-order valence-electron chi connectivity index (χ2n) is 4.37. The Hall–Kier alpha value is 0.0800. The van der Waals surface area contributed by atoms with Crippen molar-refractivity contribution in [1.82, 2.24) is 0 Å². The number of alkyl halides is 1. The summed E-state index contributed by atoms with van der Waals surface area (Å²) in [5, 5.41) is 0. The molecule has 0 spiro atoms. The van der Waals surface area contributed by atoms with Crippen LogP contribution in [0.3, 0.4) is 0 Å². The molecule has 0 N–H and O–H groups in total. The fourth-order valence-electron chi connectivity index (χ4n) is 1.81. The first kappa shape index (κ1) is 18.1. The van der Waals surface area contributed by atoms with Gasteiger partial charge in [-0.3, -0.25) is 4.57 Å². The summed E-state index contributed by atoms with van der Waals surface area (Å²) in [4.78, 5) is 0. The van der Waals surface area contributed by atoms with Crippen molar-refractivity contribution in [2.45, 2.75) is 71.6 Å². The van der Waals surface area contributed by atoms with E-state index in [0.29, 0.717) is 0 Å². The average molecular weight is 282 g/mol. The van der Waals surface area contributed by atoms with Crippen LogP contribution in [0.1, 0.15) is 65.7 Å². The first-order chi connectivity index (χ1) is 8.60. The highest BCUT2D eigenvalue weighted by molar-refractivity contribution is 7.54. The van der Waals surface area contributed by atoms with Gasteiger partial charge in [-0.25, -0.2) is 4.39 Å². The number of halogens is 1. The average Bonchev–Trinajstić information content (AvgIpc) is 2.34. The fraction of sp³-hybridized carbons (Fsp3) is 1.00. The van der Waals surface area contributed by atoms with E-state index in [1.165, 1.54) is 19.3 Å². The molecular weight excluding hydrogens is 254 g/mol. The molecule has 0 saturated heterocycles. The lowest BCUT2D eigenvalue weighted by molar-refractivity contribution is 0.185. The predicted molar refractivity (Wildman–Crippen MR) is 73.7 cm³/mol. The lowest BCUT2D eigenvalue weighted by atomic mass is 10.1. The third kappa shape index (κ3) is 7.50. The summed E-state index contributed by atoms with van der Waals surface area (Å²) < 4.78 is 35.9. The minimum Gasteiger partial charge on any atom is -0.307 e. The van der Waals surface area contributed by atoms with E-state index in [2.05, 4.69) is 6.92 Å². The molecule has 0 fully saturated rings. The molecule has 0 aromatic heterocycles. The standard InChI is InChI=1S/C13H28FO3P/c1-4-7-8-9-10-11-12-13(14)18(15,16-5-2)17-6-3/h13H,4-12H2,1-3H3. The van der Waals surface area contributed by atoms with E-state index in [1.807, 2.05) is 0 Å². The van der Waals surface area contributed by atoms with Crippen LogP contribution in [-0.4, -0.2) is 19.1 Å². The molecule has 0 rings (SSSR count). The number of unbranched alkanes of at least 4 members (excludes halogenated alkanes) is 5. The molecule has 3 nitrogen and oxygen atoms in total. The van der Waals surface area contributed by atoms with Gasteiger partial charge in [-0.2, -0.15) is 0 Å². The lowest BCUT2D eigenvalue weighted by Crippen LogP contribution is -2.08. The number of hydrogen-bond acceptors (Lipinski definition) is 3. The van der Waals surface area contributed by atoms with Crippen LogP contribution in [0, 0.1) is 0 Å². The van der Waals surface area contributed by atoms with Gasteiger partial charge in [0, 0.05) is 0 Å². The topological polar surface area (TPSA) is 35.5 Å². The second kappa shape index (κ2) is 11.0. The Bertz CT molecular complexity index is 226. The molecule has 0 aliphatic heterocycles. The van der Waals surface area contributed by atoms with Crippen LogP contribution < -0.4 is 0 Å². The molecule has 1 unspecified atom stereocenters. The van der Waals surface area contributed by atoms with E-state index in [4.69, 9.17) is 9.05 Å². The summed E-state index contributed by atoms with van der Waals surface area (Å²) in [7, 11) is -3.54. The summed E-state index contributed by atoms with van der Waals surface area (Å²) in [6.45, 7) is 5.99. The molecule has 1 atom stereocenters. The van der Waals surface area contributed by atoms with Crippen molar-refractivity contribution in [3.05, 3.63) is 0 Å². The molecule has 0 bridgehead atoms. The Morgan fingerprint density at radius 1 is 0.944 bits per heavy atom. The van der Waals surface area contributed by atoms with Crippen LogP contribution in [0.2, 0.25) is 0 Å². The summed E-state index contributed by atoms with van der Waals surface area (Å²) >= 11 is 0. The Kier molecular flexibility index (Phi) is 11.0. The van der Waals surface area contributed by atoms with Crippen LogP contribution in [-0.2, 0) is 13.6 Å². The van der Waals surface area contributed by atoms with Crippen molar-refractivity contribution in [2.75, 3.05) is 13.2 Å². The summed E-state index contributed by atoms with van der Waals surface area (Å²) in [5.41, 5.74) is 0. The van der Waals surface area contributed by atoms with Crippen molar-refractivity contribution in [2.24, 2.45) is 0 Å². The molecule has 0 heterocycles. The summed E-state index contributed by atoms with van der Waals surface area (Å²) in [6.07, 6.45) is 6.75. The molecule has 0 amide bonds. The Morgan fingerprint density at radius 2 is 1.44 bits per heavy atom. The van der Waals surface area contributed by atoms with Gasteiger partial charge in [-0.05, 0) is 26.7 Å². The van der Waals surface area contributed by atoms with Crippen LogP contribution in [0.5, 0.6) is 0 Å². The first-order valence-electron chi connectivity index (χ1n) is 7.13. The Morgan fingerprint density at radius 3 is 1.94 bits per heavy atom. The zero-order valence-corrected chi connectivity index (χ0v) is 12.9. The maximum atomic E-state index is 13.9. The first-order valence-corrected chi connectivity index (χ1v) is 8.74. The zero-order valence-electron chi connectivity index (χ0n) is 12.0. The van der Waals surface area contributed by atoms with Crippen LogP contribution in [0.4, 0.5) is 4.39 Å². The van der Waals surface area contributed by atoms with Gasteiger partial charge in [0.1, 0.15) is 0 Å². The number of hydrogen-bond donors (Lipinski definition) is 0. The fourth-order valence-corrected chi connectivity index (χ4v) is 3.43. The van der Waals surface area contributed by atoms with Gasteiger partial charge >= 0.3 is 7.60 Å². The third-order valence-electron chi connectivity index (χ3n) is 2.76. The molecular formula is C13H28FO3P. The molecule has 18 heavy (non-hydrogen) atoms. The molecule has 0 aromatic rings. The highest BCUT2D eigenvalue weighted by Gasteiger charge is 2.35. The van der Waals surface area contributed by atoms with E-state index in [0.717, 1.165) is 19.3 Å². The molecule has 0 aliphatic rings. The molecule has 5 heteroatoms. The smallest absolute Gasteiger partial charge is 0.307 e. The Balaban J connectivity index is 3.89. The predicted octanol–water partition coefficient (Wildman–Crippen LogP) is 5.30.